The Morgan fingerprint density at radius 3 is 2.78 bits per heavy atom. The van der Waals surface area contributed by atoms with Gasteiger partial charge in [-0.2, -0.15) is 0 Å². The first kappa shape index (κ1) is 16.8. The van der Waals surface area contributed by atoms with Crippen LogP contribution >= 0.6 is 0 Å². The van der Waals surface area contributed by atoms with Gasteiger partial charge in [-0.05, 0) is 12.8 Å². The first-order valence-corrected chi connectivity index (χ1v) is 7.07. The van der Waals surface area contributed by atoms with Gasteiger partial charge >= 0.3 is 17.9 Å². The molecule has 2 aliphatic rings. The first-order chi connectivity index (χ1) is 11.0. The summed E-state index contributed by atoms with van der Waals surface area (Å²) in [6, 6.07) is 0. The molecule has 0 amide bonds. The van der Waals surface area contributed by atoms with Crippen LogP contribution in [0, 0.1) is 0 Å². The zero-order valence-corrected chi connectivity index (χ0v) is 12.3. The lowest BCUT2D eigenvalue weighted by atomic mass is 10.1. The van der Waals surface area contributed by atoms with Gasteiger partial charge in [0.1, 0.15) is 12.8 Å². The molecule has 2 unspecified atom stereocenters. The van der Waals surface area contributed by atoms with Crippen LogP contribution in [0.25, 0.3) is 0 Å². The second-order valence-electron chi connectivity index (χ2n) is 5.09. The fourth-order valence-corrected chi connectivity index (χ4v) is 2.29. The number of ether oxygens (including phenoxy) is 2. The van der Waals surface area contributed by atoms with Gasteiger partial charge in [-0.1, -0.05) is 6.08 Å². The van der Waals surface area contributed by atoms with Gasteiger partial charge in [0.25, 0.3) is 0 Å². The number of aliphatic carboxylic acids is 2. The fourth-order valence-electron chi connectivity index (χ4n) is 2.29. The van der Waals surface area contributed by atoms with E-state index in [1.165, 1.54) is 6.20 Å². The Kier molecular flexibility index (Phi) is 5.53. The van der Waals surface area contributed by atoms with E-state index < -0.39 is 17.9 Å². The molecule has 2 N–H and O–H groups in total. The summed E-state index contributed by atoms with van der Waals surface area (Å²) in [5.74, 6) is -2.93. The Labute approximate surface area is 132 Å². The molecule has 0 saturated carbocycles. The lowest BCUT2D eigenvalue weighted by molar-refractivity contribution is -0.143. The van der Waals surface area contributed by atoms with E-state index in [1.807, 2.05) is 0 Å². The molecule has 0 spiro atoms. The highest BCUT2D eigenvalue weighted by Gasteiger charge is 2.30. The highest BCUT2D eigenvalue weighted by Crippen LogP contribution is 2.26. The Bertz CT molecular complexity index is 578. The molecule has 2 atom stereocenters. The molecule has 0 aromatic rings. The highest BCUT2D eigenvalue weighted by atomic mass is 16.6. The minimum atomic E-state index is -1.22. The standard InChI is InChI=1S/C15H17NO7/c17-13(18)5-6-14(19)22-9-11-3-4-12(23-11)16-7-1-2-10(8-16)15(20)21/h1,5-8,11-12H,2-4,9H2,(H,17,18)(H,20,21)/b6-5+. The summed E-state index contributed by atoms with van der Waals surface area (Å²) in [7, 11) is 0. The summed E-state index contributed by atoms with van der Waals surface area (Å²) >= 11 is 0. The van der Waals surface area contributed by atoms with Crippen molar-refractivity contribution >= 4 is 17.9 Å². The van der Waals surface area contributed by atoms with Gasteiger partial charge < -0.3 is 24.6 Å². The van der Waals surface area contributed by atoms with Crippen molar-refractivity contribution in [1.29, 1.82) is 0 Å². The monoisotopic (exact) mass is 323 g/mol. The molecular weight excluding hydrogens is 306 g/mol. The number of carboxylic acid groups (broad SMARTS) is 2. The molecule has 2 heterocycles. The van der Waals surface area contributed by atoms with E-state index in [1.54, 1.807) is 17.2 Å². The third-order valence-electron chi connectivity index (χ3n) is 3.39. The third-order valence-corrected chi connectivity index (χ3v) is 3.39. The Hall–Kier alpha value is -2.61. The number of nitrogens with zero attached hydrogens (tertiary/aromatic N) is 1. The van der Waals surface area contributed by atoms with E-state index in [0.29, 0.717) is 25.3 Å². The van der Waals surface area contributed by atoms with Crippen LogP contribution in [0.4, 0.5) is 0 Å². The number of hydrogen-bond acceptors (Lipinski definition) is 6. The first-order valence-electron chi connectivity index (χ1n) is 7.07. The van der Waals surface area contributed by atoms with Crippen LogP contribution in [0.15, 0.2) is 36.2 Å². The second-order valence-corrected chi connectivity index (χ2v) is 5.09. The van der Waals surface area contributed by atoms with Crippen molar-refractivity contribution in [2.45, 2.75) is 31.6 Å². The zero-order valence-electron chi connectivity index (χ0n) is 12.3. The van der Waals surface area contributed by atoms with E-state index in [9.17, 15) is 14.4 Å². The van der Waals surface area contributed by atoms with Crippen molar-refractivity contribution in [3.63, 3.8) is 0 Å². The molecule has 2 rings (SSSR count). The van der Waals surface area contributed by atoms with E-state index in [2.05, 4.69) is 0 Å². The Morgan fingerprint density at radius 2 is 2.09 bits per heavy atom. The average molecular weight is 323 g/mol. The maximum Gasteiger partial charge on any atom is 0.333 e. The van der Waals surface area contributed by atoms with Gasteiger partial charge in [0.2, 0.25) is 0 Å². The van der Waals surface area contributed by atoms with Gasteiger partial charge in [0, 0.05) is 31.0 Å². The molecule has 8 nitrogen and oxygen atoms in total. The van der Waals surface area contributed by atoms with Crippen molar-refractivity contribution < 1.29 is 34.1 Å². The molecular formula is C15H17NO7. The minimum absolute atomic E-state index is 0.0202. The van der Waals surface area contributed by atoms with E-state index >= 15 is 0 Å². The normalized spacial score (nSPS) is 23.8. The predicted octanol–water partition coefficient (Wildman–Crippen LogP) is 0.863. The molecule has 0 aliphatic carbocycles. The molecule has 1 saturated heterocycles. The summed E-state index contributed by atoms with van der Waals surface area (Å²) in [5, 5.41) is 17.4. The molecule has 0 radical (unpaired) electrons. The molecule has 1 fully saturated rings. The number of carboxylic acids is 2. The summed E-state index contributed by atoms with van der Waals surface area (Å²) in [6.45, 7) is 0.0202. The maximum atomic E-state index is 11.3. The molecule has 23 heavy (non-hydrogen) atoms. The van der Waals surface area contributed by atoms with Crippen molar-refractivity contribution in [2.24, 2.45) is 0 Å². The molecule has 124 valence electrons. The van der Waals surface area contributed by atoms with Gasteiger partial charge in [0.05, 0.1) is 11.7 Å². The van der Waals surface area contributed by atoms with Crippen LogP contribution in [0.2, 0.25) is 0 Å². The SMILES string of the molecule is O=C(O)/C=C/C(=O)OCC1CCC(N2C=CCC(C(=O)O)=C2)O1. The van der Waals surface area contributed by atoms with E-state index in [-0.39, 0.29) is 24.5 Å². The summed E-state index contributed by atoms with van der Waals surface area (Å²) < 4.78 is 10.6. The Balaban J connectivity index is 1.81. The number of rotatable bonds is 6. The van der Waals surface area contributed by atoms with Gasteiger partial charge in [-0.25, -0.2) is 14.4 Å². The van der Waals surface area contributed by atoms with Crippen molar-refractivity contribution in [3.05, 3.63) is 36.2 Å². The number of carbonyl (C=O) groups excluding carboxylic acids is 1. The summed E-state index contributed by atoms with van der Waals surface area (Å²) in [4.78, 5) is 34.2. The maximum absolute atomic E-state index is 11.3. The quantitative estimate of drug-likeness (QED) is 0.546. The van der Waals surface area contributed by atoms with Crippen LogP contribution < -0.4 is 0 Å². The zero-order chi connectivity index (χ0) is 16.8. The molecule has 0 aromatic carbocycles. The molecule has 2 aliphatic heterocycles. The number of carbonyl (C=O) groups is 3. The summed E-state index contributed by atoms with van der Waals surface area (Å²) in [5.41, 5.74) is 0.282. The lowest BCUT2D eigenvalue weighted by Crippen LogP contribution is -2.30. The van der Waals surface area contributed by atoms with Crippen LogP contribution in [0.5, 0.6) is 0 Å². The third kappa shape index (κ3) is 4.96. The van der Waals surface area contributed by atoms with Gasteiger partial charge in [-0.15, -0.1) is 0 Å². The molecule has 8 heteroatoms. The number of hydrogen-bond donors (Lipinski definition) is 2. The van der Waals surface area contributed by atoms with Crippen LogP contribution in [-0.4, -0.2) is 52.0 Å². The van der Waals surface area contributed by atoms with Crippen LogP contribution in [0.1, 0.15) is 19.3 Å². The molecule has 0 bridgehead atoms. The average Bonchev–Trinajstić information content (AvgIpc) is 3.00. The predicted molar refractivity (Wildman–Crippen MR) is 76.9 cm³/mol. The van der Waals surface area contributed by atoms with Crippen molar-refractivity contribution in [1.82, 2.24) is 4.90 Å². The van der Waals surface area contributed by atoms with Crippen LogP contribution in [-0.2, 0) is 23.9 Å². The fraction of sp³-hybridized carbons (Fsp3) is 0.400. The number of esters is 1. The Morgan fingerprint density at radius 1 is 1.30 bits per heavy atom. The van der Waals surface area contributed by atoms with E-state index in [4.69, 9.17) is 19.7 Å². The largest absolute Gasteiger partial charge is 0.478 e. The summed E-state index contributed by atoms with van der Waals surface area (Å²) in [6.07, 6.45) is 7.67. The van der Waals surface area contributed by atoms with Crippen molar-refractivity contribution in [3.8, 4) is 0 Å². The highest BCUT2D eigenvalue weighted by molar-refractivity contribution is 5.90. The number of allylic oxidation sites excluding steroid dienone is 1. The topological polar surface area (TPSA) is 113 Å². The van der Waals surface area contributed by atoms with Gasteiger partial charge in [0.15, 0.2) is 0 Å². The second kappa shape index (κ2) is 7.59. The molecule has 0 aromatic heterocycles. The van der Waals surface area contributed by atoms with E-state index in [0.717, 1.165) is 6.08 Å². The minimum Gasteiger partial charge on any atom is -0.478 e. The smallest absolute Gasteiger partial charge is 0.333 e. The van der Waals surface area contributed by atoms with Gasteiger partial charge in [-0.3, -0.25) is 0 Å². The van der Waals surface area contributed by atoms with Crippen LogP contribution in [0.3, 0.4) is 0 Å². The lowest BCUT2D eigenvalue weighted by Gasteiger charge is -2.26. The van der Waals surface area contributed by atoms with Crippen molar-refractivity contribution in [2.75, 3.05) is 6.61 Å².